The van der Waals surface area contributed by atoms with E-state index in [1.54, 1.807) is 43.5 Å². The number of unbranched alkanes of at least 4 members (excludes halogenated alkanes) is 1. The van der Waals surface area contributed by atoms with Crippen molar-refractivity contribution in [1.29, 1.82) is 0 Å². The molecule has 2 aromatic rings. The number of anilines is 1. The number of nitrogens with two attached hydrogens (primary N) is 1. The Kier molecular flexibility index (Phi) is 20.8. The Balaban J connectivity index is 1.63. The summed E-state index contributed by atoms with van der Waals surface area (Å²) in [7, 11) is 1.56. The van der Waals surface area contributed by atoms with Crippen molar-refractivity contribution in [3.05, 3.63) is 66.2 Å². The number of nitrogen functional groups attached to an aromatic ring is 1. The summed E-state index contributed by atoms with van der Waals surface area (Å²) >= 11 is 1.34. The zero-order valence-electron chi connectivity index (χ0n) is 37.0. The lowest BCUT2D eigenvalue weighted by Crippen LogP contribution is -2.66. The molecule has 20 heteroatoms. The minimum atomic E-state index is -1.50. The van der Waals surface area contributed by atoms with Crippen molar-refractivity contribution < 1.29 is 76.1 Å². The summed E-state index contributed by atoms with van der Waals surface area (Å²) in [6, 6.07) is 11.5. The summed E-state index contributed by atoms with van der Waals surface area (Å²) < 4.78 is 58.7. The maximum absolute atomic E-state index is 13.6. The van der Waals surface area contributed by atoms with Crippen LogP contribution >= 0.6 is 11.8 Å². The fraction of sp³-hybridized carbons (Fsp3) is 0.545. The molecule has 2 saturated heterocycles. The lowest BCUT2D eigenvalue weighted by Gasteiger charge is -2.45. The van der Waals surface area contributed by atoms with Gasteiger partial charge in [-0.2, -0.15) is 0 Å². The molecule has 2 amide bonds. The van der Waals surface area contributed by atoms with Gasteiger partial charge in [0.1, 0.15) is 48.3 Å². The van der Waals surface area contributed by atoms with Gasteiger partial charge in [0.05, 0.1) is 38.5 Å². The Morgan fingerprint density at radius 3 is 1.86 bits per heavy atom. The van der Waals surface area contributed by atoms with Crippen LogP contribution in [-0.4, -0.2) is 136 Å². The van der Waals surface area contributed by atoms with Crippen molar-refractivity contribution in [1.82, 2.24) is 10.6 Å². The van der Waals surface area contributed by atoms with Crippen molar-refractivity contribution >= 4 is 53.1 Å². The molecule has 2 heterocycles. The Hall–Kier alpha value is -5.25. The number of rotatable bonds is 22. The summed E-state index contributed by atoms with van der Waals surface area (Å²) in [5.74, 6) is -3.16. The van der Waals surface area contributed by atoms with E-state index in [4.69, 9.17) is 53.1 Å². The number of carbonyl (C=O) groups excluding carboxylic acids is 6. The van der Waals surface area contributed by atoms with Crippen molar-refractivity contribution in [2.24, 2.45) is 0 Å². The lowest BCUT2D eigenvalue weighted by atomic mass is 9.95. The number of methoxy groups -OCH3 is 1. The standard InChI is InChI=1S/C44H59N3O16S/c1-8-9-20-55-23-34-38(59-27(4)50)41(37(46-25(2)48)44(63-34)64-31-18-16-30(54-7)17-19-31)57-22-13-12-21-56-40-36(47-42(53)32-14-10-11-15-33(32)45)43(61-29(6)52)62-35(24-58-26(3)49)39(40)60-28(5)51/h10-19,34-41,43-44H,8-9,20-24,45H2,1-7H3,(H,46,48)(H,47,53)/b13-12+/t34?,35?,36?,37?,38-,39-,40?,41?,43+,44-/m0/s1. The van der Waals surface area contributed by atoms with Crippen LogP contribution in [0.25, 0.3) is 0 Å². The molecule has 2 aromatic carbocycles. The van der Waals surface area contributed by atoms with E-state index in [2.05, 4.69) is 10.6 Å². The van der Waals surface area contributed by atoms with Crippen LogP contribution in [0.4, 0.5) is 5.69 Å². The van der Waals surface area contributed by atoms with Gasteiger partial charge in [-0.25, -0.2) is 0 Å². The average molecular weight is 918 g/mol. The zero-order valence-corrected chi connectivity index (χ0v) is 37.8. The number of benzene rings is 2. The van der Waals surface area contributed by atoms with Gasteiger partial charge in [0, 0.05) is 51.8 Å². The molecule has 10 atom stereocenters. The number of ether oxygens (including phenoxy) is 10. The first kappa shape index (κ1) is 51.4. The van der Waals surface area contributed by atoms with Crippen LogP contribution in [0.1, 0.15) is 64.7 Å². The molecule has 0 bridgehead atoms. The largest absolute Gasteiger partial charge is 0.497 e. The van der Waals surface area contributed by atoms with E-state index in [1.165, 1.54) is 44.7 Å². The number of thioether (sulfide) groups is 1. The highest BCUT2D eigenvalue weighted by Gasteiger charge is 2.52. The number of hydrogen-bond acceptors (Lipinski definition) is 18. The number of esters is 4. The second-order valence-corrected chi connectivity index (χ2v) is 15.9. The fourth-order valence-corrected chi connectivity index (χ4v) is 8.01. The lowest BCUT2D eigenvalue weighted by molar-refractivity contribution is -0.272. The number of nitrogens with one attached hydrogen (secondary N) is 2. The van der Waals surface area contributed by atoms with E-state index in [-0.39, 0.29) is 37.0 Å². The third kappa shape index (κ3) is 15.8. The molecule has 4 N–H and O–H groups in total. The third-order valence-electron chi connectivity index (χ3n) is 9.68. The molecule has 19 nitrogen and oxygen atoms in total. The fourth-order valence-electron chi connectivity index (χ4n) is 6.88. The first-order valence-corrected chi connectivity index (χ1v) is 21.6. The first-order valence-electron chi connectivity index (χ1n) is 20.8. The highest BCUT2D eigenvalue weighted by Crippen LogP contribution is 2.37. The SMILES string of the molecule is CCCCOCC1O[C@@H](Sc2ccc(OC)cc2)C(NC(C)=O)C(OC/C=C/COC2C(NC(=O)c3ccccc3N)[C@H](OC(C)=O)OC(COC(C)=O)[C@@H]2OC(C)=O)[C@H]1OC(C)=O. The van der Waals surface area contributed by atoms with Crippen LogP contribution in [0.3, 0.4) is 0 Å². The van der Waals surface area contributed by atoms with Gasteiger partial charge in [0.15, 0.2) is 12.2 Å². The summed E-state index contributed by atoms with van der Waals surface area (Å²) in [5.41, 5.74) is 5.62. The molecule has 4 rings (SSSR count). The molecule has 2 aliphatic rings. The summed E-state index contributed by atoms with van der Waals surface area (Å²) in [5, 5.41) is 5.70. The Morgan fingerprint density at radius 1 is 0.719 bits per heavy atom. The second-order valence-electron chi connectivity index (χ2n) is 14.7. The maximum atomic E-state index is 13.6. The van der Waals surface area contributed by atoms with Crippen LogP contribution in [0.2, 0.25) is 0 Å². The van der Waals surface area contributed by atoms with Gasteiger partial charge in [-0.15, -0.1) is 0 Å². The molecule has 2 fully saturated rings. The summed E-state index contributed by atoms with van der Waals surface area (Å²) in [6.45, 7) is 7.94. The molecular weight excluding hydrogens is 859 g/mol. The molecule has 0 aromatic heterocycles. The van der Waals surface area contributed by atoms with E-state index in [0.29, 0.717) is 12.4 Å². The van der Waals surface area contributed by atoms with E-state index in [1.807, 2.05) is 19.1 Å². The van der Waals surface area contributed by atoms with Crippen molar-refractivity contribution in [3.8, 4) is 5.75 Å². The molecule has 2 aliphatic heterocycles. The number of amides is 2. The van der Waals surface area contributed by atoms with Gasteiger partial charge in [-0.1, -0.05) is 49.4 Å². The van der Waals surface area contributed by atoms with Crippen molar-refractivity contribution in [2.45, 2.75) is 120 Å². The predicted molar refractivity (Wildman–Crippen MR) is 230 cm³/mol. The van der Waals surface area contributed by atoms with Crippen molar-refractivity contribution in [3.63, 3.8) is 0 Å². The smallest absolute Gasteiger partial charge is 0.305 e. The number of para-hydroxylation sites is 1. The quantitative estimate of drug-likeness (QED) is 0.0505. The highest BCUT2D eigenvalue weighted by atomic mass is 32.2. The average Bonchev–Trinajstić information content (AvgIpc) is 3.23. The zero-order chi connectivity index (χ0) is 46.8. The summed E-state index contributed by atoms with van der Waals surface area (Å²) in [6.07, 6.45) is -3.10. The van der Waals surface area contributed by atoms with E-state index in [0.717, 1.165) is 31.6 Å². The Morgan fingerprint density at radius 2 is 1.31 bits per heavy atom. The molecular formula is C44H59N3O16S. The molecule has 6 unspecified atom stereocenters. The first-order chi connectivity index (χ1) is 30.6. The molecule has 0 spiro atoms. The minimum Gasteiger partial charge on any atom is -0.497 e. The normalized spacial score (nSPS) is 25.4. The van der Waals surface area contributed by atoms with Gasteiger partial charge < -0.3 is 63.7 Å². The predicted octanol–water partition coefficient (Wildman–Crippen LogP) is 3.26. The molecule has 352 valence electrons. The van der Waals surface area contributed by atoms with Gasteiger partial charge in [-0.3, -0.25) is 28.8 Å². The summed E-state index contributed by atoms with van der Waals surface area (Å²) in [4.78, 5) is 76.3. The van der Waals surface area contributed by atoms with E-state index < -0.39 is 96.8 Å². The Labute approximate surface area is 376 Å². The van der Waals surface area contributed by atoms with Gasteiger partial charge in [0.25, 0.3) is 5.91 Å². The second kappa shape index (κ2) is 25.9. The van der Waals surface area contributed by atoms with Crippen LogP contribution in [0.15, 0.2) is 65.6 Å². The van der Waals surface area contributed by atoms with Crippen molar-refractivity contribution in [2.75, 3.05) is 45.9 Å². The number of hydrogen-bond donors (Lipinski definition) is 3. The highest BCUT2D eigenvalue weighted by molar-refractivity contribution is 7.99. The molecule has 64 heavy (non-hydrogen) atoms. The van der Waals surface area contributed by atoms with Gasteiger partial charge in [-0.05, 0) is 42.8 Å². The van der Waals surface area contributed by atoms with E-state index in [9.17, 15) is 28.8 Å². The van der Waals surface area contributed by atoms with Crippen LogP contribution in [0, 0.1) is 0 Å². The monoisotopic (exact) mass is 917 g/mol. The maximum Gasteiger partial charge on any atom is 0.305 e. The van der Waals surface area contributed by atoms with Gasteiger partial charge in [0.2, 0.25) is 12.2 Å². The Bertz CT molecular complexity index is 1900. The van der Waals surface area contributed by atoms with E-state index >= 15 is 0 Å². The number of carbonyl (C=O) groups is 6. The molecule has 0 radical (unpaired) electrons. The topological polar surface area (TPSA) is 245 Å². The van der Waals surface area contributed by atoms with Crippen LogP contribution < -0.4 is 21.1 Å². The molecule has 0 saturated carbocycles. The molecule has 0 aliphatic carbocycles. The van der Waals surface area contributed by atoms with Crippen LogP contribution in [-0.2, 0) is 66.6 Å². The van der Waals surface area contributed by atoms with Crippen LogP contribution in [0.5, 0.6) is 5.75 Å². The third-order valence-corrected chi connectivity index (χ3v) is 10.9. The minimum absolute atomic E-state index is 0.0733. The van der Waals surface area contributed by atoms with Gasteiger partial charge >= 0.3 is 23.9 Å².